The average Bonchev–Trinajstić information content (AvgIpc) is 2.61. The number of benzene rings is 2. The van der Waals surface area contributed by atoms with Crippen LogP contribution in [0.5, 0.6) is 0 Å². The quantitative estimate of drug-likeness (QED) is 0.520. The van der Waals surface area contributed by atoms with Gasteiger partial charge in [-0.1, -0.05) is 90.1 Å². The second-order valence-corrected chi connectivity index (χ2v) is 8.83. The van der Waals surface area contributed by atoms with Crippen molar-refractivity contribution in [1.29, 1.82) is 0 Å². The third kappa shape index (κ3) is 3.80. The van der Waals surface area contributed by atoms with Gasteiger partial charge < -0.3 is 0 Å². The van der Waals surface area contributed by atoms with E-state index in [1.54, 1.807) is 0 Å². The fourth-order valence-corrected chi connectivity index (χ4v) is 3.96. The Hall–Kier alpha value is -1.82. The van der Waals surface area contributed by atoms with Crippen LogP contribution in [0.1, 0.15) is 87.8 Å². The molecule has 0 amide bonds. The molecule has 2 aromatic rings. The SMILES string of the molecule is C=C(c1ccc(C)cc1)c1cc2c(cc1C)C(C)(C)CCC2(C)C.CC. The van der Waals surface area contributed by atoms with E-state index in [2.05, 4.69) is 84.5 Å². The molecule has 0 saturated heterocycles. The summed E-state index contributed by atoms with van der Waals surface area (Å²) in [6.07, 6.45) is 2.50. The monoisotopic (exact) mass is 348 g/mol. The molecular weight excluding hydrogens is 312 g/mol. The van der Waals surface area contributed by atoms with Crippen LogP contribution in [0.4, 0.5) is 0 Å². The number of fused-ring (bicyclic) bond motifs is 1. The van der Waals surface area contributed by atoms with Crippen molar-refractivity contribution in [3.05, 3.63) is 76.4 Å². The van der Waals surface area contributed by atoms with Gasteiger partial charge in [0.05, 0.1) is 0 Å². The van der Waals surface area contributed by atoms with Crippen molar-refractivity contribution in [3.8, 4) is 0 Å². The molecular formula is C26H36. The Bertz CT molecular complexity index is 786. The van der Waals surface area contributed by atoms with Crippen LogP contribution in [0.25, 0.3) is 5.57 Å². The summed E-state index contributed by atoms with van der Waals surface area (Å²) in [4.78, 5) is 0. The first kappa shape index (κ1) is 20.5. The van der Waals surface area contributed by atoms with Crippen LogP contribution < -0.4 is 0 Å². The van der Waals surface area contributed by atoms with E-state index < -0.39 is 0 Å². The molecule has 0 unspecified atom stereocenters. The lowest BCUT2D eigenvalue weighted by Gasteiger charge is -2.42. The summed E-state index contributed by atoms with van der Waals surface area (Å²) >= 11 is 0. The third-order valence-electron chi connectivity index (χ3n) is 5.92. The van der Waals surface area contributed by atoms with Gasteiger partial charge in [0.25, 0.3) is 0 Å². The zero-order valence-corrected chi connectivity index (χ0v) is 18.1. The molecule has 0 bridgehead atoms. The Morgan fingerprint density at radius 2 is 1.27 bits per heavy atom. The van der Waals surface area contributed by atoms with Gasteiger partial charge in [0.1, 0.15) is 0 Å². The zero-order chi connectivity index (χ0) is 19.7. The molecule has 0 nitrogen and oxygen atoms in total. The highest BCUT2D eigenvalue weighted by molar-refractivity contribution is 5.80. The first-order valence-corrected chi connectivity index (χ1v) is 10.0. The number of aryl methyl sites for hydroxylation is 2. The second kappa shape index (κ2) is 7.43. The molecule has 0 aliphatic heterocycles. The van der Waals surface area contributed by atoms with Gasteiger partial charge in [-0.2, -0.15) is 0 Å². The lowest BCUT2D eigenvalue weighted by atomic mass is 9.62. The maximum absolute atomic E-state index is 4.42. The summed E-state index contributed by atoms with van der Waals surface area (Å²) in [5, 5.41) is 0. The molecule has 0 aromatic heterocycles. The Kier molecular flexibility index (Phi) is 5.85. The van der Waals surface area contributed by atoms with Crippen LogP contribution in [0.15, 0.2) is 43.0 Å². The van der Waals surface area contributed by atoms with E-state index in [0.29, 0.717) is 0 Å². The summed E-state index contributed by atoms with van der Waals surface area (Å²) in [5.74, 6) is 0. The predicted molar refractivity (Wildman–Crippen MR) is 117 cm³/mol. The smallest absolute Gasteiger partial charge is 0.0100 e. The van der Waals surface area contributed by atoms with Crippen molar-refractivity contribution in [3.63, 3.8) is 0 Å². The molecule has 0 radical (unpaired) electrons. The van der Waals surface area contributed by atoms with Crippen molar-refractivity contribution in [1.82, 2.24) is 0 Å². The summed E-state index contributed by atoms with van der Waals surface area (Å²) in [7, 11) is 0. The van der Waals surface area contributed by atoms with Crippen molar-refractivity contribution in [2.24, 2.45) is 0 Å². The second-order valence-electron chi connectivity index (χ2n) is 8.83. The standard InChI is InChI=1S/C24H30.C2H6/c1-16-8-10-19(11-9-16)18(3)20-15-22-21(14-17(20)2)23(4,5)12-13-24(22,6)7;1-2/h8-11,14-15H,3,12-13H2,1-2,4-7H3;1-2H3. The van der Waals surface area contributed by atoms with Crippen molar-refractivity contribution in [2.45, 2.75) is 79.1 Å². The molecule has 0 saturated carbocycles. The summed E-state index contributed by atoms with van der Waals surface area (Å²) in [5.41, 5.74) is 9.81. The fraction of sp³-hybridized carbons (Fsp3) is 0.462. The largest absolute Gasteiger partial charge is 0.0905 e. The van der Waals surface area contributed by atoms with E-state index in [-0.39, 0.29) is 10.8 Å². The average molecular weight is 349 g/mol. The molecule has 2 aromatic carbocycles. The summed E-state index contributed by atoms with van der Waals surface area (Å²) < 4.78 is 0. The molecule has 1 aliphatic carbocycles. The van der Waals surface area contributed by atoms with Crippen molar-refractivity contribution < 1.29 is 0 Å². The van der Waals surface area contributed by atoms with Gasteiger partial charge in [0.15, 0.2) is 0 Å². The van der Waals surface area contributed by atoms with Crippen LogP contribution >= 0.6 is 0 Å². The maximum Gasteiger partial charge on any atom is -0.0100 e. The molecule has 0 heterocycles. The molecule has 1 aliphatic rings. The Morgan fingerprint density at radius 1 is 0.808 bits per heavy atom. The van der Waals surface area contributed by atoms with Crippen molar-refractivity contribution in [2.75, 3.05) is 0 Å². The molecule has 0 fully saturated rings. The minimum Gasteiger partial charge on any atom is -0.0905 e. The predicted octanol–water partition coefficient (Wildman–Crippen LogP) is 7.74. The van der Waals surface area contributed by atoms with Crippen molar-refractivity contribution >= 4 is 5.57 Å². The fourth-order valence-electron chi connectivity index (χ4n) is 3.96. The maximum atomic E-state index is 4.42. The number of hydrogen-bond acceptors (Lipinski definition) is 0. The van der Waals surface area contributed by atoms with Gasteiger partial charge in [-0.05, 0) is 70.9 Å². The Balaban J connectivity index is 0.00000117. The Labute approximate surface area is 161 Å². The molecule has 26 heavy (non-hydrogen) atoms. The summed E-state index contributed by atoms with van der Waals surface area (Å²) in [6.45, 7) is 22.3. The first-order chi connectivity index (χ1) is 12.1. The van der Waals surface area contributed by atoms with Gasteiger partial charge in [0, 0.05) is 0 Å². The lowest BCUT2D eigenvalue weighted by Crippen LogP contribution is -2.34. The van der Waals surface area contributed by atoms with Crippen LogP contribution in [-0.2, 0) is 10.8 Å². The van der Waals surface area contributed by atoms with E-state index in [0.717, 1.165) is 5.57 Å². The lowest BCUT2D eigenvalue weighted by molar-refractivity contribution is 0.331. The van der Waals surface area contributed by atoms with Gasteiger partial charge in [-0.25, -0.2) is 0 Å². The number of rotatable bonds is 2. The highest BCUT2D eigenvalue weighted by Crippen LogP contribution is 2.47. The third-order valence-corrected chi connectivity index (χ3v) is 5.92. The minimum absolute atomic E-state index is 0.237. The highest BCUT2D eigenvalue weighted by Gasteiger charge is 2.37. The molecule has 0 heteroatoms. The van der Waals surface area contributed by atoms with E-state index in [4.69, 9.17) is 0 Å². The van der Waals surface area contributed by atoms with Crippen LogP contribution in [0.2, 0.25) is 0 Å². The number of hydrogen-bond donors (Lipinski definition) is 0. The van der Waals surface area contributed by atoms with Gasteiger partial charge >= 0.3 is 0 Å². The highest BCUT2D eigenvalue weighted by atomic mass is 14.4. The van der Waals surface area contributed by atoms with E-state index in [1.165, 1.54) is 46.2 Å². The van der Waals surface area contributed by atoms with E-state index in [9.17, 15) is 0 Å². The summed E-state index contributed by atoms with van der Waals surface area (Å²) in [6, 6.07) is 13.6. The van der Waals surface area contributed by atoms with Crippen LogP contribution in [-0.4, -0.2) is 0 Å². The Morgan fingerprint density at radius 3 is 1.77 bits per heavy atom. The molecule has 0 N–H and O–H groups in total. The molecule has 0 spiro atoms. The van der Waals surface area contributed by atoms with Crippen LogP contribution in [0.3, 0.4) is 0 Å². The van der Waals surface area contributed by atoms with E-state index in [1.807, 2.05) is 13.8 Å². The van der Waals surface area contributed by atoms with Gasteiger partial charge in [-0.3, -0.25) is 0 Å². The zero-order valence-electron chi connectivity index (χ0n) is 18.1. The normalized spacial score (nSPS) is 16.9. The van der Waals surface area contributed by atoms with Crippen LogP contribution in [0, 0.1) is 13.8 Å². The first-order valence-electron chi connectivity index (χ1n) is 10.0. The minimum atomic E-state index is 0.237. The topological polar surface area (TPSA) is 0 Å². The molecule has 3 rings (SSSR count). The van der Waals surface area contributed by atoms with E-state index >= 15 is 0 Å². The van der Waals surface area contributed by atoms with Gasteiger partial charge in [0.2, 0.25) is 0 Å². The molecule has 0 atom stereocenters. The van der Waals surface area contributed by atoms with Gasteiger partial charge in [-0.15, -0.1) is 0 Å². The molecule has 140 valence electrons.